The summed E-state index contributed by atoms with van der Waals surface area (Å²) in [6.45, 7) is 4.11. The topological polar surface area (TPSA) is 21.3 Å². The number of piperidine rings is 1. The number of rotatable bonds is 3. The number of methoxy groups -OCH3 is 1. The van der Waals surface area contributed by atoms with Crippen LogP contribution in [0.3, 0.4) is 0 Å². The fourth-order valence-electron chi connectivity index (χ4n) is 2.67. The summed E-state index contributed by atoms with van der Waals surface area (Å²) in [6, 6.07) is 3.16. The molecule has 0 bridgehead atoms. The molecule has 2 rings (SSSR count). The van der Waals surface area contributed by atoms with Crippen LogP contribution in [-0.2, 0) is 6.42 Å². The Bertz CT molecular complexity index is 386. The van der Waals surface area contributed by atoms with E-state index in [0.29, 0.717) is 11.7 Å². The van der Waals surface area contributed by atoms with Crippen molar-refractivity contribution in [3.8, 4) is 5.75 Å². The van der Waals surface area contributed by atoms with Gasteiger partial charge in [-0.3, -0.25) is 0 Å². The Hall–Kier alpha value is -1.09. The summed E-state index contributed by atoms with van der Waals surface area (Å²) in [5.74, 6) is 0.913. The van der Waals surface area contributed by atoms with Crippen molar-refractivity contribution in [2.24, 2.45) is 0 Å². The Balaban J connectivity index is 2.39. The van der Waals surface area contributed by atoms with Crippen molar-refractivity contribution in [1.29, 1.82) is 0 Å². The van der Waals surface area contributed by atoms with Crippen LogP contribution in [0.25, 0.3) is 0 Å². The van der Waals surface area contributed by atoms with Gasteiger partial charge in [-0.25, -0.2) is 4.39 Å². The van der Waals surface area contributed by atoms with Gasteiger partial charge < -0.3 is 10.1 Å². The van der Waals surface area contributed by atoms with Crippen LogP contribution in [0.5, 0.6) is 5.75 Å². The second kappa shape index (κ2) is 5.50. The van der Waals surface area contributed by atoms with Crippen LogP contribution in [-0.4, -0.2) is 20.2 Å². The summed E-state index contributed by atoms with van der Waals surface area (Å²) in [6.07, 6.45) is 3.18. The van der Waals surface area contributed by atoms with E-state index in [1.807, 2.05) is 0 Å². The molecule has 1 unspecified atom stereocenters. The molecule has 0 radical (unpaired) electrons. The van der Waals surface area contributed by atoms with Gasteiger partial charge in [0.25, 0.3) is 0 Å². The Labute approximate surface area is 102 Å². The number of ether oxygens (including phenoxy) is 1. The monoisotopic (exact) mass is 237 g/mol. The highest BCUT2D eigenvalue weighted by molar-refractivity contribution is 5.43. The molecule has 1 N–H and O–H groups in total. The van der Waals surface area contributed by atoms with Crippen molar-refractivity contribution in [2.45, 2.75) is 32.1 Å². The van der Waals surface area contributed by atoms with Crippen molar-refractivity contribution >= 4 is 0 Å². The summed E-state index contributed by atoms with van der Waals surface area (Å²) in [5.41, 5.74) is 2.28. The Kier molecular flexibility index (Phi) is 4.00. The van der Waals surface area contributed by atoms with Crippen LogP contribution in [0, 0.1) is 5.82 Å². The van der Waals surface area contributed by atoms with Gasteiger partial charge in [-0.1, -0.05) is 6.92 Å². The minimum Gasteiger partial charge on any atom is -0.496 e. The first-order valence-corrected chi connectivity index (χ1v) is 6.33. The van der Waals surface area contributed by atoms with Crippen molar-refractivity contribution in [1.82, 2.24) is 5.32 Å². The molecule has 1 aromatic rings. The largest absolute Gasteiger partial charge is 0.496 e. The van der Waals surface area contributed by atoms with Gasteiger partial charge in [-0.05, 0) is 48.9 Å². The lowest BCUT2D eigenvalue weighted by Crippen LogP contribution is -2.29. The van der Waals surface area contributed by atoms with E-state index < -0.39 is 0 Å². The molecule has 1 aliphatic rings. The third-order valence-electron chi connectivity index (χ3n) is 3.52. The Morgan fingerprint density at radius 1 is 1.47 bits per heavy atom. The molecule has 0 aromatic heterocycles. The predicted octanol–water partition coefficient (Wildman–Crippen LogP) is 2.86. The van der Waals surface area contributed by atoms with Crippen molar-refractivity contribution in [3.63, 3.8) is 0 Å². The van der Waals surface area contributed by atoms with Crippen LogP contribution in [0.1, 0.15) is 36.8 Å². The molecule has 1 saturated heterocycles. The second-order valence-corrected chi connectivity index (χ2v) is 4.57. The zero-order chi connectivity index (χ0) is 12.3. The molecule has 17 heavy (non-hydrogen) atoms. The highest BCUT2D eigenvalue weighted by Gasteiger charge is 2.20. The highest BCUT2D eigenvalue weighted by atomic mass is 19.1. The summed E-state index contributed by atoms with van der Waals surface area (Å²) < 4.78 is 18.9. The number of hydrogen-bond donors (Lipinski definition) is 1. The van der Waals surface area contributed by atoms with Crippen molar-refractivity contribution < 1.29 is 9.13 Å². The molecule has 0 saturated carbocycles. The lowest BCUT2D eigenvalue weighted by molar-refractivity contribution is 0.401. The smallest absolute Gasteiger partial charge is 0.127 e. The van der Waals surface area contributed by atoms with E-state index in [1.54, 1.807) is 13.2 Å². The lowest BCUT2D eigenvalue weighted by Gasteiger charge is -2.26. The van der Waals surface area contributed by atoms with Gasteiger partial charge in [0.2, 0.25) is 0 Å². The number of benzene rings is 1. The van der Waals surface area contributed by atoms with Gasteiger partial charge >= 0.3 is 0 Å². The van der Waals surface area contributed by atoms with E-state index in [4.69, 9.17) is 4.74 Å². The fraction of sp³-hybridized carbons (Fsp3) is 0.571. The molecule has 3 heteroatoms. The molecule has 1 aliphatic heterocycles. The second-order valence-electron chi connectivity index (χ2n) is 4.57. The van der Waals surface area contributed by atoms with Crippen LogP contribution in [0.15, 0.2) is 12.1 Å². The summed E-state index contributed by atoms with van der Waals surface area (Å²) in [4.78, 5) is 0. The first kappa shape index (κ1) is 12.4. The van der Waals surface area contributed by atoms with Crippen LogP contribution >= 0.6 is 0 Å². The molecule has 1 atom stereocenters. The number of nitrogens with one attached hydrogen (secondary N) is 1. The van der Waals surface area contributed by atoms with Gasteiger partial charge in [0.05, 0.1) is 7.11 Å². The van der Waals surface area contributed by atoms with Crippen molar-refractivity contribution in [2.75, 3.05) is 20.2 Å². The Morgan fingerprint density at radius 2 is 2.29 bits per heavy atom. The average molecular weight is 237 g/mol. The zero-order valence-corrected chi connectivity index (χ0v) is 10.6. The molecule has 0 amide bonds. The maximum Gasteiger partial charge on any atom is 0.127 e. The first-order valence-electron chi connectivity index (χ1n) is 6.33. The minimum atomic E-state index is -0.195. The summed E-state index contributed by atoms with van der Waals surface area (Å²) in [7, 11) is 1.61. The fourth-order valence-corrected chi connectivity index (χ4v) is 2.67. The molecule has 0 spiro atoms. The summed E-state index contributed by atoms with van der Waals surface area (Å²) in [5, 5.41) is 3.38. The maximum absolute atomic E-state index is 13.6. The molecule has 1 heterocycles. The van der Waals surface area contributed by atoms with Gasteiger partial charge in [0.15, 0.2) is 0 Å². The van der Waals surface area contributed by atoms with Crippen molar-refractivity contribution in [3.05, 3.63) is 29.1 Å². The molecule has 1 fully saturated rings. The molecular formula is C14H20FNO. The van der Waals surface area contributed by atoms with Gasteiger partial charge in [-0.2, -0.15) is 0 Å². The van der Waals surface area contributed by atoms with Gasteiger partial charge in [0.1, 0.15) is 11.6 Å². The third-order valence-corrected chi connectivity index (χ3v) is 3.52. The molecule has 1 aromatic carbocycles. The highest BCUT2D eigenvalue weighted by Crippen LogP contribution is 2.33. The minimum absolute atomic E-state index is 0.195. The SMILES string of the molecule is CCc1c(OC)cc(F)cc1C1CCCNC1. The third kappa shape index (κ3) is 2.60. The first-order chi connectivity index (χ1) is 8.26. The standard InChI is InChI=1S/C14H20FNO/c1-3-12-13(10-5-4-6-16-9-10)7-11(15)8-14(12)17-2/h7-8,10,16H,3-6,9H2,1-2H3. The number of halogens is 1. The van der Waals surface area contributed by atoms with E-state index in [-0.39, 0.29) is 5.82 Å². The average Bonchev–Trinajstić information content (AvgIpc) is 2.38. The lowest BCUT2D eigenvalue weighted by atomic mass is 9.87. The Morgan fingerprint density at radius 3 is 2.88 bits per heavy atom. The molecule has 0 aliphatic carbocycles. The van der Waals surface area contributed by atoms with E-state index in [1.165, 1.54) is 6.07 Å². The molecule has 2 nitrogen and oxygen atoms in total. The molecule has 94 valence electrons. The molecular weight excluding hydrogens is 217 g/mol. The maximum atomic E-state index is 13.6. The van der Waals surface area contributed by atoms with Crippen LogP contribution in [0.2, 0.25) is 0 Å². The van der Waals surface area contributed by atoms with Gasteiger partial charge in [0, 0.05) is 12.6 Å². The van der Waals surface area contributed by atoms with E-state index in [0.717, 1.165) is 43.5 Å². The normalized spacial score (nSPS) is 20.3. The van der Waals surface area contributed by atoms with Crippen LogP contribution < -0.4 is 10.1 Å². The predicted molar refractivity (Wildman–Crippen MR) is 67.2 cm³/mol. The van der Waals surface area contributed by atoms with Gasteiger partial charge in [-0.15, -0.1) is 0 Å². The summed E-state index contributed by atoms with van der Waals surface area (Å²) >= 11 is 0. The van der Waals surface area contributed by atoms with E-state index >= 15 is 0 Å². The van der Waals surface area contributed by atoms with E-state index in [2.05, 4.69) is 12.2 Å². The number of hydrogen-bond acceptors (Lipinski definition) is 2. The zero-order valence-electron chi connectivity index (χ0n) is 10.6. The van der Waals surface area contributed by atoms with Crippen LogP contribution in [0.4, 0.5) is 4.39 Å². The quantitative estimate of drug-likeness (QED) is 0.872. The van der Waals surface area contributed by atoms with E-state index in [9.17, 15) is 4.39 Å².